The van der Waals surface area contributed by atoms with Crippen LogP contribution < -0.4 is 0 Å². The van der Waals surface area contributed by atoms with E-state index in [2.05, 4.69) is 26.0 Å². The molecule has 0 aliphatic carbocycles. The standard InChI is InChI=1S/C50H92O15/c1-3-5-7-9-11-13-15-17-18-19-21-23-25-27-29-31-33-42(53)63-38(35-60-41(52)32-30-28-26-24-22-20-16-14-12-10-8-6-4-2)36-61-49-48(59)46(57)44(55)40(65-49)37-62-50-47(58)45(56)43(54)39(34-51)64-50/h18-19,38-40,43-51,54-59H,3-17,20-37H2,1-2H3/b19-18-/t38-,39-,40-,43+,44+,45+,46+,47-,48-,49-,50+/m1/s1. The molecule has 15 nitrogen and oxygen atoms in total. The molecule has 11 atom stereocenters. The third-order valence-corrected chi connectivity index (χ3v) is 12.5. The zero-order valence-corrected chi connectivity index (χ0v) is 40.2. The molecule has 2 fully saturated rings. The van der Waals surface area contributed by atoms with Crippen molar-refractivity contribution in [2.45, 2.75) is 268 Å². The number of hydrogen-bond acceptors (Lipinski definition) is 15. The van der Waals surface area contributed by atoms with Gasteiger partial charge in [-0.25, -0.2) is 0 Å². The van der Waals surface area contributed by atoms with Crippen LogP contribution in [0.25, 0.3) is 0 Å². The third kappa shape index (κ3) is 26.5. The lowest BCUT2D eigenvalue weighted by molar-refractivity contribution is -0.332. The highest BCUT2D eigenvalue weighted by atomic mass is 16.7. The molecule has 0 saturated carbocycles. The van der Waals surface area contributed by atoms with Crippen LogP contribution in [0.1, 0.15) is 200 Å². The number of aliphatic hydroxyl groups excluding tert-OH is 7. The van der Waals surface area contributed by atoms with E-state index in [0.717, 1.165) is 57.8 Å². The molecule has 15 heteroatoms. The first-order valence-corrected chi connectivity index (χ1v) is 25.8. The molecule has 0 aromatic rings. The molecule has 2 rings (SSSR count). The molecular formula is C50H92O15. The van der Waals surface area contributed by atoms with Crippen LogP contribution in [-0.2, 0) is 38.0 Å². The molecule has 0 spiro atoms. The van der Waals surface area contributed by atoms with Crippen LogP contribution in [0, 0.1) is 0 Å². The molecule has 7 N–H and O–H groups in total. The van der Waals surface area contributed by atoms with Crippen molar-refractivity contribution >= 4 is 11.9 Å². The Hall–Kier alpha value is -1.76. The van der Waals surface area contributed by atoms with Gasteiger partial charge in [0, 0.05) is 12.8 Å². The number of carbonyl (C=O) groups is 2. The summed E-state index contributed by atoms with van der Waals surface area (Å²) in [5.41, 5.74) is 0. The Morgan fingerprint density at radius 2 is 0.877 bits per heavy atom. The topological polar surface area (TPSA) is 231 Å². The minimum absolute atomic E-state index is 0.159. The van der Waals surface area contributed by atoms with Gasteiger partial charge in [0.1, 0.15) is 55.4 Å². The molecule has 0 radical (unpaired) electrons. The van der Waals surface area contributed by atoms with E-state index in [9.17, 15) is 45.3 Å². The van der Waals surface area contributed by atoms with E-state index in [4.69, 9.17) is 28.4 Å². The van der Waals surface area contributed by atoms with Gasteiger partial charge >= 0.3 is 11.9 Å². The molecule has 0 aromatic carbocycles. The first kappa shape index (κ1) is 59.4. The van der Waals surface area contributed by atoms with Gasteiger partial charge in [0.15, 0.2) is 18.7 Å². The van der Waals surface area contributed by atoms with Gasteiger partial charge in [0.05, 0.1) is 19.8 Å². The molecule has 65 heavy (non-hydrogen) atoms. The van der Waals surface area contributed by atoms with Crippen LogP contribution in [0.5, 0.6) is 0 Å². The predicted molar refractivity (Wildman–Crippen MR) is 248 cm³/mol. The van der Waals surface area contributed by atoms with Crippen LogP contribution in [-0.4, -0.2) is 142 Å². The first-order valence-electron chi connectivity index (χ1n) is 25.8. The van der Waals surface area contributed by atoms with Gasteiger partial charge in [-0.05, 0) is 38.5 Å². The van der Waals surface area contributed by atoms with E-state index in [1.165, 1.54) is 103 Å². The summed E-state index contributed by atoms with van der Waals surface area (Å²) in [5, 5.41) is 72.0. The predicted octanol–water partition coefficient (Wildman–Crippen LogP) is 6.99. The summed E-state index contributed by atoms with van der Waals surface area (Å²) in [6, 6.07) is 0. The Morgan fingerprint density at radius 3 is 1.35 bits per heavy atom. The monoisotopic (exact) mass is 933 g/mol. The minimum Gasteiger partial charge on any atom is -0.462 e. The van der Waals surface area contributed by atoms with Gasteiger partial charge in [-0.3, -0.25) is 9.59 Å². The molecule has 2 aliphatic rings. The van der Waals surface area contributed by atoms with Crippen LogP contribution >= 0.6 is 0 Å². The lowest BCUT2D eigenvalue weighted by Crippen LogP contribution is -2.61. The second-order valence-electron chi connectivity index (χ2n) is 18.4. The number of hydrogen-bond donors (Lipinski definition) is 7. The largest absolute Gasteiger partial charge is 0.462 e. The number of unbranched alkanes of at least 4 members (excludes halogenated alkanes) is 24. The Bertz CT molecular complexity index is 1190. The Balaban J connectivity index is 1.81. The number of carbonyl (C=O) groups excluding carboxylic acids is 2. The van der Waals surface area contributed by atoms with E-state index in [1.54, 1.807) is 0 Å². The van der Waals surface area contributed by atoms with E-state index in [-0.39, 0.29) is 26.1 Å². The lowest BCUT2D eigenvalue weighted by Gasteiger charge is -2.42. The molecular weight excluding hydrogens is 841 g/mol. The second kappa shape index (κ2) is 38.1. The summed E-state index contributed by atoms with van der Waals surface area (Å²) < 4.78 is 33.6. The van der Waals surface area contributed by atoms with Gasteiger partial charge in [-0.1, -0.05) is 161 Å². The molecule has 0 aromatic heterocycles. The highest BCUT2D eigenvalue weighted by molar-refractivity contribution is 5.70. The van der Waals surface area contributed by atoms with Crippen LogP contribution in [0.4, 0.5) is 0 Å². The van der Waals surface area contributed by atoms with E-state index < -0.39 is 92.7 Å². The van der Waals surface area contributed by atoms with Gasteiger partial charge in [-0.2, -0.15) is 0 Å². The average Bonchev–Trinajstić information content (AvgIpc) is 3.30. The highest BCUT2D eigenvalue weighted by Gasteiger charge is 2.47. The van der Waals surface area contributed by atoms with Crippen LogP contribution in [0.3, 0.4) is 0 Å². The average molecular weight is 933 g/mol. The molecule has 2 aliphatic heterocycles. The maximum absolute atomic E-state index is 13.0. The molecule has 0 bridgehead atoms. The Labute approximate surface area is 390 Å². The van der Waals surface area contributed by atoms with Crippen molar-refractivity contribution in [2.75, 3.05) is 26.4 Å². The molecule has 2 saturated heterocycles. The van der Waals surface area contributed by atoms with E-state index >= 15 is 0 Å². The maximum Gasteiger partial charge on any atom is 0.306 e. The number of rotatable bonds is 40. The van der Waals surface area contributed by atoms with Crippen LogP contribution in [0.15, 0.2) is 12.2 Å². The molecule has 2 heterocycles. The fourth-order valence-corrected chi connectivity index (χ4v) is 8.21. The number of ether oxygens (including phenoxy) is 6. The molecule has 0 unspecified atom stereocenters. The zero-order valence-electron chi connectivity index (χ0n) is 40.2. The van der Waals surface area contributed by atoms with Gasteiger partial charge in [0.25, 0.3) is 0 Å². The van der Waals surface area contributed by atoms with Crippen molar-refractivity contribution in [3.05, 3.63) is 12.2 Å². The summed E-state index contributed by atoms with van der Waals surface area (Å²) in [6.07, 6.45) is 19.5. The smallest absolute Gasteiger partial charge is 0.306 e. The normalized spacial score (nSPS) is 26.4. The van der Waals surface area contributed by atoms with Gasteiger partial charge in [-0.15, -0.1) is 0 Å². The Morgan fingerprint density at radius 1 is 0.477 bits per heavy atom. The van der Waals surface area contributed by atoms with Gasteiger partial charge in [0.2, 0.25) is 0 Å². The SMILES string of the molecule is CCCCCCCCC/C=C\CCCCCCCC(=O)O[C@H](COC(=O)CCCCCCCCCCCCCCC)CO[C@@H]1O[C@H](CO[C@H]2O[C@H](CO)[C@H](O)[C@H](O)[C@H]2O)[C@H](O)[C@H](O)[C@H]1O. The van der Waals surface area contributed by atoms with Crippen LogP contribution in [0.2, 0.25) is 0 Å². The highest BCUT2D eigenvalue weighted by Crippen LogP contribution is 2.26. The van der Waals surface area contributed by atoms with Crippen molar-refractivity contribution < 1.29 is 73.8 Å². The lowest BCUT2D eigenvalue weighted by atomic mass is 9.98. The van der Waals surface area contributed by atoms with Crippen molar-refractivity contribution in [1.29, 1.82) is 0 Å². The summed E-state index contributed by atoms with van der Waals surface area (Å²) in [7, 11) is 0. The summed E-state index contributed by atoms with van der Waals surface area (Å²) in [6.45, 7) is 2.59. The van der Waals surface area contributed by atoms with Gasteiger partial charge < -0.3 is 64.2 Å². The van der Waals surface area contributed by atoms with Crippen molar-refractivity contribution in [2.24, 2.45) is 0 Å². The number of esters is 2. The van der Waals surface area contributed by atoms with Crippen molar-refractivity contribution in [1.82, 2.24) is 0 Å². The summed E-state index contributed by atoms with van der Waals surface area (Å²) in [4.78, 5) is 25.7. The van der Waals surface area contributed by atoms with E-state index in [1.807, 2.05) is 0 Å². The van der Waals surface area contributed by atoms with Crippen molar-refractivity contribution in [3.63, 3.8) is 0 Å². The number of aliphatic hydroxyl groups is 7. The third-order valence-electron chi connectivity index (χ3n) is 12.5. The summed E-state index contributed by atoms with van der Waals surface area (Å²) in [5.74, 6) is -0.925. The fourth-order valence-electron chi connectivity index (χ4n) is 8.21. The Kier molecular flexibility index (Phi) is 34.8. The van der Waals surface area contributed by atoms with E-state index in [0.29, 0.717) is 12.8 Å². The second-order valence-corrected chi connectivity index (χ2v) is 18.4. The van der Waals surface area contributed by atoms with Crippen molar-refractivity contribution in [3.8, 4) is 0 Å². The number of allylic oxidation sites excluding steroid dienone is 2. The molecule has 382 valence electrons. The summed E-state index contributed by atoms with van der Waals surface area (Å²) >= 11 is 0. The fraction of sp³-hybridized carbons (Fsp3) is 0.920. The zero-order chi connectivity index (χ0) is 47.5. The molecule has 0 amide bonds. The first-order chi connectivity index (χ1) is 31.5. The maximum atomic E-state index is 13.0. The minimum atomic E-state index is -1.76. The quantitative estimate of drug-likeness (QED) is 0.0187.